The molecule has 53 heavy (non-hydrogen) atoms. The van der Waals surface area contributed by atoms with Gasteiger partial charge in [-0.25, -0.2) is 0 Å². The summed E-state index contributed by atoms with van der Waals surface area (Å²) in [5, 5.41) is 0. The predicted octanol–water partition coefficient (Wildman–Crippen LogP) is 7.35. The van der Waals surface area contributed by atoms with E-state index in [1.165, 1.54) is 78.4 Å². The first-order valence-electron chi connectivity index (χ1n) is 19.7. The van der Waals surface area contributed by atoms with Gasteiger partial charge in [0.25, 0.3) is 0 Å². The fourth-order valence-corrected chi connectivity index (χ4v) is 13.4. The molecule has 0 amide bonds. The average Bonchev–Trinajstić information content (AvgIpc) is 3.79. The Morgan fingerprint density at radius 3 is 2.21 bits per heavy atom. The molecule has 3 heteroatoms. The predicted molar refractivity (Wildman–Crippen MR) is 203 cm³/mol. The summed E-state index contributed by atoms with van der Waals surface area (Å²) in [7, 11) is 0. The van der Waals surface area contributed by atoms with Crippen LogP contribution in [0.4, 0.5) is 0 Å². The molecule has 5 atom stereocenters. The van der Waals surface area contributed by atoms with Crippen LogP contribution in [0.3, 0.4) is 0 Å². The van der Waals surface area contributed by atoms with Crippen molar-refractivity contribution in [3.63, 3.8) is 0 Å². The van der Waals surface area contributed by atoms with Crippen LogP contribution in [0.25, 0.3) is 28.2 Å². The quantitative estimate of drug-likeness (QED) is 0.149. The highest BCUT2D eigenvalue weighted by Crippen LogP contribution is 2.80. The van der Waals surface area contributed by atoms with E-state index in [4.69, 9.17) is 0 Å². The van der Waals surface area contributed by atoms with Crippen molar-refractivity contribution in [3.05, 3.63) is 202 Å². The third-order valence-corrected chi connectivity index (χ3v) is 15.2. The third-order valence-electron chi connectivity index (χ3n) is 15.2. The summed E-state index contributed by atoms with van der Waals surface area (Å²) < 4.78 is 8.23. The van der Waals surface area contributed by atoms with Gasteiger partial charge in [-0.3, -0.25) is 0 Å². The molecule has 3 aromatic heterocycles. The summed E-state index contributed by atoms with van der Waals surface area (Å²) >= 11 is 0. The van der Waals surface area contributed by atoms with Crippen LogP contribution in [0.15, 0.2) is 146 Å². The number of aryl methyl sites for hydroxylation is 4. The largest absolute Gasteiger partial charge is 0.221 e. The van der Waals surface area contributed by atoms with E-state index in [1.54, 1.807) is 5.56 Å². The number of pyridine rings is 3. The van der Waals surface area contributed by atoms with Crippen LogP contribution in [0.2, 0.25) is 0 Å². The van der Waals surface area contributed by atoms with Gasteiger partial charge in [-0.15, -0.1) is 0 Å². The van der Waals surface area contributed by atoms with E-state index in [2.05, 4.69) is 160 Å². The van der Waals surface area contributed by atoms with Crippen LogP contribution in [0, 0.1) is 5.92 Å². The van der Waals surface area contributed by atoms with Crippen molar-refractivity contribution in [1.29, 1.82) is 0 Å². The van der Waals surface area contributed by atoms with Crippen molar-refractivity contribution >= 4 is 0 Å². The molecule has 3 nitrogen and oxygen atoms in total. The van der Waals surface area contributed by atoms with Gasteiger partial charge in [0.05, 0.1) is 28.0 Å². The number of benzene rings is 4. The van der Waals surface area contributed by atoms with E-state index in [1.807, 2.05) is 0 Å². The van der Waals surface area contributed by atoms with Gasteiger partial charge in [-0.05, 0) is 95.8 Å². The maximum atomic E-state index is 2.87. The Balaban J connectivity index is 1.26. The Morgan fingerprint density at radius 1 is 0.547 bits per heavy atom. The number of hydrogen-bond acceptors (Lipinski definition) is 0. The molecular formula is C50H38N3+3. The lowest BCUT2D eigenvalue weighted by Gasteiger charge is -2.44. The molecule has 1 fully saturated rings. The van der Waals surface area contributed by atoms with E-state index in [0.29, 0.717) is 0 Å². The SMILES string of the molecule is c1ccc2c(c1)-c1ccc3c[n+]1C1c4ccc5cc4-[n+]4ccccc4C21C1C2(C3)c3ccccc3-c3ccc4c[n+]3C12Cc1cc(ccc1CC4)CC5. The molecule has 6 aliphatic heterocycles. The minimum atomic E-state index is -0.364. The fraction of sp³-hybridized carbons (Fsp3) is 0.220. The van der Waals surface area contributed by atoms with Gasteiger partial charge in [-0.2, -0.15) is 13.7 Å². The molecule has 16 rings (SSSR count). The number of rotatable bonds is 0. The lowest BCUT2D eigenvalue weighted by Crippen LogP contribution is -2.66. The van der Waals surface area contributed by atoms with Gasteiger partial charge in [0.15, 0.2) is 29.5 Å². The summed E-state index contributed by atoms with van der Waals surface area (Å²) in [5.41, 5.74) is 20.9. The maximum absolute atomic E-state index is 2.87. The molecule has 0 saturated heterocycles. The highest BCUT2D eigenvalue weighted by molar-refractivity contribution is 5.75. The van der Waals surface area contributed by atoms with Crippen LogP contribution in [0.5, 0.6) is 0 Å². The van der Waals surface area contributed by atoms with Gasteiger partial charge in [-0.1, -0.05) is 66.7 Å². The van der Waals surface area contributed by atoms with Gasteiger partial charge in [0.2, 0.25) is 28.8 Å². The van der Waals surface area contributed by atoms with Gasteiger partial charge >= 0.3 is 0 Å². The standard InChI is InChI=1S/C50H38N3/c1-3-9-40-37(7-1)43-23-17-33-15-20-35-19-14-31-12-13-32-16-21-39-44(26-32)51-24-6-5-11-45(51)50-41-10-4-2-8-38(41)42-22-18-34(29-52(42)46(39)50)27-48(40)47(50)49(48,53(43)30-33)28-36(35)25-31/h1-11,14,16-19,21-26,29-30,46-47H,12-13,15,20,27-28H2/q+3. The Labute approximate surface area is 309 Å². The highest BCUT2D eigenvalue weighted by atomic mass is 15.2. The first kappa shape index (κ1) is 27.9. The molecule has 3 aliphatic carbocycles. The van der Waals surface area contributed by atoms with Gasteiger partial charge in [0.1, 0.15) is 0 Å². The first-order chi connectivity index (χ1) is 26.2. The van der Waals surface area contributed by atoms with E-state index in [-0.39, 0.29) is 28.3 Å². The molecule has 3 spiro atoms. The number of aromatic nitrogens is 3. The van der Waals surface area contributed by atoms with Crippen LogP contribution in [-0.2, 0) is 54.9 Å². The topological polar surface area (TPSA) is 11.6 Å². The van der Waals surface area contributed by atoms with Crippen molar-refractivity contribution in [2.75, 3.05) is 0 Å². The second kappa shape index (κ2) is 9.09. The number of nitrogens with zero attached hydrogens (tertiary/aromatic N) is 3. The lowest BCUT2D eigenvalue weighted by atomic mass is 9.57. The second-order valence-electron chi connectivity index (χ2n) is 17.1. The first-order valence-corrected chi connectivity index (χ1v) is 19.7. The van der Waals surface area contributed by atoms with E-state index in [0.717, 1.165) is 38.5 Å². The van der Waals surface area contributed by atoms with Crippen LogP contribution < -0.4 is 13.7 Å². The zero-order valence-corrected chi connectivity index (χ0v) is 29.6. The lowest BCUT2D eigenvalue weighted by molar-refractivity contribution is -0.746. The average molecular weight is 681 g/mol. The summed E-state index contributed by atoms with van der Waals surface area (Å²) in [6.45, 7) is 0. The fourth-order valence-electron chi connectivity index (χ4n) is 13.4. The number of hydrogen-bond donors (Lipinski definition) is 0. The molecule has 250 valence electrons. The molecule has 4 aromatic carbocycles. The minimum absolute atomic E-state index is 0.0988. The van der Waals surface area contributed by atoms with Crippen molar-refractivity contribution < 1.29 is 13.7 Å². The molecule has 5 unspecified atom stereocenters. The molecule has 13 bridgehead atoms. The zero-order valence-electron chi connectivity index (χ0n) is 29.6. The van der Waals surface area contributed by atoms with Crippen LogP contribution >= 0.6 is 0 Å². The van der Waals surface area contributed by atoms with Crippen molar-refractivity contribution in [2.24, 2.45) is 5.92 Å². The summed E-state index contributed by atoms with van der Waals surface area (Å²) in [5.74, 6) is 0.259. The molecule has 9 heterocycles. The van der Waals surface area contributed by atoms with Gasteiger partial charge < -0.3 is 0 Å². The van der Waals surface area contributed by atoms with E-state index in [9.17, 15) is 0 Å². The molecule has 0 N–H and O–H groups in total. The van der Waals surface area contributed by atoms with Crippen molar-refractivity contribution in [2.45, 2.75) is 60.9 Å². The van der Waals surface area contributed by atoms with Crippen molar-refractivity contribution in [1.82, 2.24) is 0 Å². The Hall–Kier alpha value is -5.67. The molecular weight excluding hydrogens is 643 g/mol. The Bertz CT molecular complexity index is 2850. The van der Waals surface area contributed by atoms with E-state index >= 15 is 0 Å². The summed E-state index contributed by atoms with van der Waals surface area (Å²) in [6.07, 6.45) is 13.8. The molecule has 9 aliphatic rings. The molecule has 7 aromatic rings. The summed E-state index contributed by atoms with van der Waals surface area (Å²) in [4.78, 5) is 0. The van der Waals surface area contributed by atoms with Gasteiger partial charge in [0, 0.05) is 47.9 Å². The zero-order chi connectivity index (χ0) is 34.3. The summed E-state index contributed by atoms with van der Waals surface area (Å²) in [6, 6.07) is 51.2. The normalized spacial score (nSPS) is 27.4. The molecule has 0 radical (unpaired) electrons. The second-order valence-corrected chi connectivity index (χ2v) is 17.1. The Kier molecular flexibility index (Phi) is 4.79. The number of fused-ring (bicyclic) bond motifs is 7. The monoisotopic (exact) mass is 680 g/mol. The molecule has 1 saturated carbocycles. The van der Waals surface area contributed by atoms with Crippen LogP contribution in [-0.4, -0.2) is 0 Å². The minimum Gasteiger partial charge on any atom is -0.191 e. The van der Waals surface area contributed by atoms with E-state index < -0.39 is 0 Å². The smallest absolute Gasteiger partial charge is 0.191 e. The Morgan fingerprint density at radius 2 is 1.28 bits per heavy atom. The highest BCUT2D eigenvalue weighted by Gasteiger charge is 2.94. The van der Waals surface area contributed by atoms with Crippen LogP contribution in [0.1, 0.15) is 61.8 Å². The van der Waals surface area contributed by atoms with Crippen molar-refractivity contribution in [3.8, 4) is 28.2 Å². The maximum Gasteiger partial charge on any atom is 0.221 e. The third kappa shape index (κ3) is 3.00.